The van der Waals surface area contributed by atoms with Gasteiger partial charge in [0.2, 0.25) is 27.2 Å². The number of aromatic nitrogens is 5. The third kappa shape index (κ3) is 16.2. The number of benzene rings is 4. The molecular weight excluding hydrogens is 1140 g/mol. The number of ketones is 2. The number of Topliss-reactive ketones (excluding diaryl/α,β-unsaturated/α-hetero) is 2. The van der Waals surface area contributed by atoms with Crippen LogP contribution in [0.5, 0.6) is 11.5 Å². The Labute approximate surface area is 491 Å². The quantitative estimate of drug-likeness (QED) is 0.00798. The number of carbonyl (C=O) groups excluding carboxylic acids is 4. The normalized spacial score (nSPS) is 11.9. The van der Waals surface area contributed by atoms with Crippen molar-refractivity contribution in [3.63, 3.8) is 0 Å². The molecule has 83 heavy (non-hydrogen) atoms. The molecule has 3 aromatic heterocycles. The van der Waals surface area contributed by atoms with E-state index in [2.05, 4.69) is 56.6 Å². The Morgan fingerprint density at radius 1 is 0.639 bits per heavy atom. The number of anilines is 8. The van der Waals surface area contributed by atoms with E-state index in [0.717, 1.165) is 30.0 Å². The highest BCUT2D eigenvalue weighted by molar-refractivity contribution is 7.99. The molecular formula is C55H59N15O9S4. The SMILES string of the molecule is CCSc1nc(Nc2cc(N(CC)CC)c(OC)cc2/N=N/c2ncc(/C=C(\C(C)=O)C(=O)Nc3ccccc3)s2)nc(Nc2cc(N(CC)CC)c(OC)cc2/N=N/c2nc(S(=O)(=O)O)c(/C=C(/C(C)=O)C(=O)Nc3ccccc3)s2)n1. The molecule has 0 aliphatic carbocycles. The summed E-state index contributed by atoms with van der Waals surface area (Å²) in [5.41, 5.74) is 3.05. The molecule has 432 valence electrons. The molecule has 7 rings (SSSR count). The summed E-state index contributed by atoms with van der Waals surface area (Å²) in [5, 5.41) is 29.3. The first-order valence-electron chi connectivity index (χ1n) is 25.7. The smallest absolute Gasteiger partial charge is 0.313 e. The zero-order valence-electron chi connectivity index (χ0n) is 46.6. The van der Waals surface area contributed by atoms with Crippen molar-refractivity contribution in [1.82, 2.24) is 24.9 Å². The monoisotopic (exact) mass is 1200 g/mol. The highest BCUT2D eigenvalue weighted by Gasteiger charge is 2.26. The van der Waals surface area contributed by atoms with Gasteiger partial charge in [-0.1, -0.05) is 77.8 Å². The van der Waals surface area contributed by atoms with Gasteiger partial charge in [-0.25, -0.2) is 9.97 Å². The number of ether oxygens (including phenoxy) is 2. The number of nitrogens with one attached hydrogen (secondary N) is 4. The molecule has 4 aromatic carbocycles. The average Bonchev–Trinajstić information content (AvgIpc) is 4.36. The molecule has 0 fully saturated rings. The van der Waals surface area contributed by atoms with E-state index in [1.807, 2.05) is 51.7 Å². The second kappa shape index (κ2) is 28.7. The molecule has 0 unspecified atom stereocenters. The number of thioether (sulfide) groups is 1. The number of rotatable bonds is 27. The predicted molar refractivity (Wildman–Crippen MR) is 326 cm³/mol. The summed E-state index contributed by atoms with van der Waals surface area (Å²) < 4.78 is 47.4. The van der Waals surface area contributed by atoms with Gasteiger partial charge in [0.05, 0.1) is 57.9 Å². The van der Waals surface area contributed by atoms with Crippen molar-refractivity contribution in [3.05, 3.63) is 112 Å². The minimum atomic E-state index is -5.02. The van der Waals surface area contributed by atoms with Crippen LogP contribution in [0, 0.1) is 0 Å². The first kappa shape index (κ1) is 61.8. The number of para-hydroxylation sites is 2. The second-order valence-corrected chi connectivity index (χ2v) is 21.9. The van der Waals surface area contributed by atoms with Crippen molar-refractivity contribution in [2.45, 2.75) is 58.6 Å². The van der Waals surface area contributed by atoms with Crippen molar-refractivity contribution in [2.24, 2.45) is 20.5 Å². The number of thiazole rings is 2. The average molecular weight is 1200 g/mol. The van der Waals surface area contributed by atoms with Gasteiger partial charge in [-0.2, -0.15) is 23.4 Å². The number of hydrogen-bond donors (Lipinski definition) is 5. The van der Waals surface area contributed by atoms with Crippen molar-refractivity contribution in [3.8, 4) is 11.5 Å². The summed E-state index contributed by atoms with van der Waals surface area (Å²) in [4.78, 5) is 79.0. The summed E-state index contributed by atoms with van der Waals surface area (Å²) in [7, 11) is -1.97. The molecule has 0 aliphatic heterocycles. The van der Waals surface area contributed by atoms with E-state index in [1.54, 1.807) is 79.9 Å². The third-order valence-corrected chi connectivity index (χ3v) is 15.3. The number of amides is 2. The third-order valence-electron chi connectivity index (χ3n) is 11.9. The fourth-order valence-electron chi connectivity index (χ4n) is 7.91. The first-order chi connectivity index (χ1) is 39.9. The summed E-state index contributed by atoms with van der Waals surface area (Å²) >= 11 is 3.12. The van der Waals surface area contributed by atoms with E-state index in [-0.39, 0.29) is 38.3 Å². The topological polar surface area (TPSA) is 310 Å². The van der Waals surface area contributed by atoms with Crippen LogP contribution in [0.4, 0.5) is 67.7 Å². The molecule has 0 bridgehead atoms. The molecule has 24 nitrogen and oxygen atoms in total. The lowest BCUT2D eigenvalue weighted by molar-refractivity contribution is -0.120. The first-order valence-corrected chi connectivity index (χ1v) is 29.8. The Morgan fingerprint density at radius 2 is 1.11 bits per heavy atom. The van der Waals surface area contributed by atoms with Crippen LogP contribution in [-0.2, 0) is 29.3 Å². The van der Waals surface area contributed by atoms with E-state index in [1.165, 1.54) is 38.1 Å². The zero-order valence-corrected chi connectivity index (χ0v) is 49.9. The Hall–Kier alpha value is -8.83. The van der Waals surface area contributed by atoms with E-state index in [4.69, 9.17) is 24.4 Å². The number of azo groups is 2. The highest BCUT2D eigenvalue weighted by atomic mass is 32.2. The molecule has 28 heteroatoms. The van der Waals surface area contributed by atoms with Crippen molar-refractivity contribution >= 4 is 148 Å². The minimum Gasteiger partial charge on any atom is -0.494 e. The van der Waals surface area contributed by atoms with Gasteiger partial charge in [0.15, 0.2) is 16.7 Å². The van der Waals surface area contributed by atoms with Crippen molar-refractivity contribution < 1.29 is 41.6 Å². The second-order valence-electron chi connectivity index (χ2n) is 17.3. The maximum absolute atomic E-state index is 13.3. The number of nitrogens with zero attached hydrogens (tertiary/aromatic N) is 11. The van der Waals surface area contributed by atoms with Gasteiger partial charge in [0.1, 0.15) is 22.9 Å². The van der Waals surface area contributed by atoms with Crippen LogP contribution >= 0.6 is 34.4 Å². The van der Waals surface area contributed by atoms with Crippen molar-refractivity contribution in [1.29, 1.82) is 0 Å². The van der Waals surface area contributed by atoms with Gasteiger partial charge in [0.25, 0.3) is 11.8 Å². The molecule has 0 aliphatic rings. The summed E-state index contributed by atoms with van der Waals surface area (Å²) in [5.74, 6) is -0.847. The molecule has 2 amide bonds. The molecule has 0 saturated carbocycles. The summed E-state index contributed by atoms with van der Waals surface area (Å²) in [6.07, 6.45) is 3.97. The van der Waals surface area contributed by atoms with E-state index in [9.17, 15) is 32.1 Å². The molecule has 7 aromatic rings. The van der Waals surface area contributed by atoms with E-state index < -0.39 is 44.1 Å². The number of hydrogen-bond acceptors (Lipinski definition) is 24. The van der Waals surface area contributed by atoms with Crippen LogP contribution in [0.25, 0.3) is 12.2 Å². The van der Waals surface area contributed by atoms with Gasteiger partial charge in [-0.15, -0.1) is 20.5 Å². The molecule has 0 spiro atoms. The maximum Gasteiger partial charge on any atom is 0.313 e. The Morgan fingerprint density at radius 3 is 1.54 bits per heavy atom. The Bertz CT molecular complexity index is 3730. The molecule has 0 radical (unpaired) electrons. The largest absolute Gasteiger partial charge is 0.494 e. The van der Waals surface area contributed by atoms with Crippen LogP contribution < -0.4 is 40.5 Å². The summed E-state index contributed by atoms with van der Waals surface area (Å²) in [6.45, 7) is 14.9. The van der Waals surface area contributed by atoms with E-state index in [0.29, 0.717) is 98.9 Å². The summed E-state index contributed by atoms with van der Waals surface area (Å²) in [6, 6.07) is 24.1. The molecule has 0 atom stereocenters. The Kier molecular flexibility index (Phi) is 21.4. The van der Waals surface area contributed by atoms with Crippen molar-refractivity contribution in [2.75, 3.05) is 77.2 Å². The minimum absolute atomic E-state index is 0.0674. The van der Waals surface area contributed by atoms with E-state index >= 15 is 0 Å². The molecule has 0 saturated heterocycles. The van der Waals surface area contributed by atoms with Gasteiger partial charge in [-0.05, 0) is 95.8 Å². The van der Waals surface area contributed by atoms with Crippen LogP contribution in [-0.4, -0.2) is 107 Å². The van der Waals surface area contributed by atoms with Gasteiger partial charge in [0, 0.05) is 55.9 Å². The van der Waals surface area contributed by atoms with Crippen LogP contribution in [0.3, 0.4) is 0 Å². The lowest BCUT2D eigenvalue weighted by atomic mass is 10.1. The van der Waals surface area contributed by atoms with Gasteiger partial charge < -0.3 is 40.5 Å². The fraction of sp³-hybridized carbons (Fsp3) is 0.255. The number of carbonyl (C=O) groups is 4. The highest BCUT2D eigenvalue weighted by Crippen LogP contribution is 2.43. The lowest BCUT2D eigenvalue weighted by Gasteiger charge is -2.25. The van der Waals surface area contributed by atoms with Gasteiger partial charge >= 0.3 is 10.1 Å². The standard InChI is InChI=1S/C55H59N15O9S4/c1-10-69(11-2)43-27-39(41(29-45(43)78-8)65-67-53-56-31-36(81-53)25-37(32(6)71)48(73)57-34-21-17-15-18-22-34)59-51-62-52(64-54(63-51)80-14-5)60-40-28-44(70(12-3)13-4)46(79-9)30-42(40)66-68-55-61-50(83(75,76)77)47(82-55)26-38(33(7)72)49(74)58-35-23-19-16-20-24-35/h15-31H,10-14H2,1-9H3,(H,57,73)(H,58,74)(H,75,76,77)(H2,59,60,62,63,64)/b37-25+,38-26-,67-65+,68-66+. The van der Waals surface area contributed by atoms with Crippen LogP contribution in [0.1, 0.15) is 58.2 Å². The lowest BCUT2D eigenvalue weighted by Crippen LogP contribution is -2.22. The van der Waals surface area contributed by atoms with Crippen LogP contribution in [0.15, 0.2) is 133 Å². The molecule has 3 heterocycles. The predicted octanol–water partition coefficient (Wildman–Crippen LogP) is 12.4. The number of methoxy groups -OCH3 is 2. The van der Waals surface area contributed by atoms with Gasteiger partial charge in [-0.3, -0.25) is 23.7 Å². The maximum atomic E-state index is 13.3. The molecule has 5 N–H and O–H groups in total. The fourth-order valence-corrected chi connectivity index (χ4v) is 10.9. The Balaban J connectivity index is 1.27. The zero-order chi connectivity index (χ0) is 59.8. The van der Waals surface area contributed by atoms with Crippen LogP contribution in [0.2, 0.25) is 0 Å².